The van der Waals surface area contributed by atoms with Crippen LogP contribution >= 0.6 is 0 Å². The van der Waals surface area contributed by atoms with Gasteiger partial charge in [0.1, 0.15) is 5.75 Å². The molecular weight excluding hydrogens is 180 g/mol. The van der Waals surface area contributed by atoms with Crippen molar-refractivity contribution in [2.45, 2.75) is 18.4 Å². The van der Waals surface area contributed by atoms with Gasteiger partial charge in [-0.2, -0.15) is 0 Å². The number of hydrogen-bond donors (Lipinski definition) is 2. The number of phenols is 1. The highest BCUT2D eigenvalue weighted by molar-refractivity contribution is 5.86. The smallest absolute Gasteiger partial charge is 0.164 e. The average molecular weight is 190 g/mol. The third-order valence-electron chi connectivity index (χ3n) is 2.73. The minimum atomic E-state index is -0.345. The van der Waals surface area contributed by atoms with E-state index >= 15 is 0 Å². The zero-order valence-corrected chi connectivity index (χ0v) is 7.53. The molecule has 0 amide bonds. The molecule has 1 aromatic heterocycles. The SMILES string of the molecule is NC1(c2onc3c(O)cccc23)CC1. The molecule has 0 unspecified atom stereocenters. The number of aromatic hydroxyl groups is 1. The fraction of sp³-hybridized carbons (Fsp3) is 0.300. The molecule has 1 aliphatic carbocycles. The van der Waals surface area contributed by atoms with Gasteiger partial charge in [0.2, 0.25) is 0 Å². The molecule has 3 rings (SSSR count). The Hall–Kier alpha value is -1.55. The Balaban J connectivity index is 2.32. The normalized spacial score (nSPS) is 18.6. The summed E-state index contributed by atoms with van der Waals surface area (Å²) in [7, 11) is 0. The van der Waals surface area contributed by atoms with Gasteiger partial charge in [0.15, 0.2) is 11.3 Å². The second-order valence-corrected chi connectivity index (χ2v) is 3.84. The molecule has 0 atom stereocenters. The maximum Gasteiger partial charge on any atom is 0.164 e. The zero-order valence-electron chi connectivity index (χ0n) is 7.53. The summed E-state index contributed by atoms with van der Waals surface area (Å²) in [5, 5.41) is 14.2. The number of hydrogen-bond acceptors (Lipinski definition) is 4. The lowest BCUT2D eigenvalue weighted by atomic mass is 10.1. The van der Waals surface area contributed by atoms with Crippen molar-refractivity contribution < 1.29 is 9.63 Å². The van der Waals surface area contributed by atoms with E-state index in [0.717, 1.165) is 18.2 Å². The van der Waals surface area contributed by atoms with Gasteiger partial charge < -0.3 is 15.4 Å². The van der Waals surface area contributed by atoms with E-state index in [1.54, 1.807) is 12.1 Å². The van der Waals surface area contributed by atoms with Crippen molar-refractivity contribution in [1.82, 2.24) is 5.16 Å². The Kier molecular flexibility index (Phi) is 1.27. The molecule has 14 heavy (non-hydrogen) atoms. The number of aromatic nitrogens is 1. The number of fused-ring (bicyclic) bond motifs is 1. The lowest BCUT2D eigenvalue weighted by molar-refractivity contribution is 0.360. The van der Waals surface area contributed by atoms with Crippen LogP contribution in [-0.2, 0) is 5.54 Å². The van der Waals surface area contributed by atoms with Crippen LogP contribution in [0, 0.1) is 0 Å². The molecule has 0 saturated heterocycles. The van der Waals surface area contributed by atoms with Crippen LogP contribution in [0.25, 0.3) is 10.9 Å². The van der Waals surface area contributed by atoms with E-state index in [1.807, 2.05) is 6.07 Å². The summed E-state index contributed by atoms with van der Waals surface area (Å²) in [5.41, 5.74) is 6.17. The third kappa shape index (κ3) is 0.886. The summed E-state index contributed by atoms with van der Waals surface area (Å²) in [4.78, 5) is 0. The van der Waals surface area contributed by atoms with Crippen LogP contribution < -0.4 is 5.73 Å². The minimum absolute atomic E-state index is 0.141. The van der Waals surface area contributed by atoms with Crippen LogP contribution in [-0.4, -0.2) is 10.3 Å². The van der Waals surface area contributed by atoms with Crippen molar-refractivity contribution in [1.29, 1.82) is 0 Å². The van der Waals surface area contributed by atoms with Gasteiger partial charge in [-0.05, 0) is 25.0 Å². The van der Waals surface area contributed by atoms with E-state index in [9.17, 15) is 5.11 Å². The van der Waals surface area contributed by atoms with Gasteiger partial charge in [-0.25, -0.2) is 0 Å². The quantitative estimate of drug-likeness (QED) is 0.714. The number of rotatable bonds is 1. The Morgan fingerprint density at radius 2 is 2.21 bits per heavy atom. The van der Waals surface area contributed by atoms with Gasteiger partial charge in [0.25, 0.3) is 0 Å². The van der Waals surface area contributed by atoms with Gasteiger partial charge in [-0.1, -0.05) is 11.2 Å². The van der Waals surface area contributed by atoms with Crippen molar-refractivity contribution in [2.75, 3.05) is 0 Å². The summed E-state index contributed by atoms with van der Waals surface area (Å²) in [6.45, 7) is 0. The highest BCUT2D eigenvalue weighted by Gasteiger charge is 2.45. The predicted molar refractivity (Wildman–Crippen MR) is 50.8 cm³/mol. The first-order valence-electron chi connectivity index (χ1n) is 4.57. The summed E-state index contributed by atoms with van der Waals surface area (Å²) < 4.78 is 5.19. The van der Waals surface area contributed by atoms with Gasteiger partial charge in [0.05, 0.1) is 10.9 Å². The molecule has 1 aliphatic rings. The monoisotopic (exact) mass is 190 g/mol. The molecule has 1 fully saturated rings. The second kappa shape index (κ2) is 2.27. The molecule has 0 radical (unpaired) electrons. The van der Waals surface area contributed by atoms with Crippen molar-refractivity contribution in [3.8, 4) is 5.75 Å². The van der Waals surface area contributed by atoms with Crippen LogP contribution in [0.5, 0.6) is 5.75 Å². The predicted octanol–water partition coefficient (Wildman–Crippen LogP) is 1.48. The van der Waals surface area contributed by atoms with Crippen LogP contribution in [0.2, 0.25) is 0 Å². The molecular formula is C10H10N2O2. The van der Waals surface area contributed by atoms with E-state index in [2.05, 4.69) is 5.16 Å². The Morgan fingerprint density at radius 3 is 2.93 bits per heavy atom. The molecule has 3 N–H and O–H groups in total. The minimum Gasteiger partial charge on any atom is -0.506 e. The number of phenolic OH excluding ortho intramolecular Hbond substituents is 1. The van der Waals surface area contributed by atoms with Crippen LogP contribution in [0.4, 0.5) is 0 Å². The van der Waals surface area contributed by atoms with Crippen LogP contribution in [0.1, 0.15) is 18.6 Å². The van der Waals surface area contributed by atoms with Gasteiger partial charge in [0, 0.05) is 0 Å². The highest BCUT2D eigenvalue weighted by Crippen LogP contribution is 2.46. The fourth-order valence-electron chi connectivity index (χ4n) is 1.67. The lowest BCUT2D eigenvalue weighted by Gasteiger charge is -2.02. The van der Waals surface area contributed by atoms with Crippen molar-refractivity contribution in [3.63, 3.8) is 0 Å². The summed E-state index contributed by atoms with van der Waals surface area (Å²) in [6, 6.07) is 5.22. The van der Waals surface area contributed by atoms with Crippen LogP contribution in [0.3, 0.4) is 0 Å². The lowest BCUT2D eigenvalue weighted by Crippen LogP contribution is -2.17. The largest absolute Gasteiger partial charge is 0.506 e. The molecule has 4 heteroatoms. The standard InChI is InChI=1S/C10H10N2O2/c11-10(4-5-10)9-6-2-1-3-7(13)8(6)12-14-9/h1-3,13H,4-5,11H2. The topological polar surface area (TPSA) is 72.3 Å². The van der Waals surface area contributed by atoms with E-state index in [-0.39, 0.29) is 11.3 Å². The van der Waals surface area contributed by atoms with E-state index in [0.29, 0.717) is 11.3 Å². The van der Waals surface area contributed by atoms with E-state index in [4.69, 9.17) is 10.3 Å². The Labute approximate surface area is 80.3 Å². The summed E-state index contributed by atoms with van der Waals surface area (Å²) in [5.74, 6) is 0.838. The molecule has 72 valence electrons. The van der Waals surface area contributed by atoms with Gasteiger partial charge in [-0.15, -0.1) is 0 Å². The second-order valence-electron chi connectivity index (χ2n) is 3.84. The summed E-state index contributed by atoms with van der Waals surface area (Å²) in [6.07, 6.45) is 1.85. The fourth-order valence-corrected chi connectivity index (χ4v) is 1.67. The molecule has 1 saturated carbocycles. The number of benzene rings is 1. The number of nitrogens with zero attached hydrogens (tertiary/aromatic N) is 1. The molecule has 0 spiro atoms. The van der Waals surface area contributed by atoms with Gasteiger partial charge in [-0.3, -0.25) is 0 Å². The third-order valence-corrected chi connectivity index (χ3v) is 2.73. The molecule has 0 aliphatic heterocycles. The molecule has 1 aromatic carbocycles. The van der Waals surface area contributed by atoms with Crippen LogP contribution in [0.15, 0.2) is 22.7 Å². The first-order chi connectivity index (χ1) is 6.71. The molecule has 0 bridgehead atoms. The van der Waals surface area contributed by atoms with E-state index < -0.39 is 0 Å². The van der Waals surface area contributed by atoms with Gasteiger partial charge >= 0.3 is 0 Å². The maximum atomic E-state index is 9.51. The van der Waals surface area contributed by atoms with Crippen molar-refractivity contribution >= 4 is 10.9 Å². The first kappa shape index (κ1) is 7.82. The molecule has 4 nitrogen and oxygen atoms in total. The van der Waals surface area contributed by atoms with E-state index in [1.165, 1.54) is 0 Å². The number of nitrogens with two attached hydrogens (primary N) is 1. The first-order valence-corrected chi connectivity index (χ1v) is 4.57. The summed E-state index contributed by atoms with van der Waals surface area (Å²) >= 11 is 0. The molecule has 2 aromatic rings. The highest BCUT2D eigenvalue weighted by atomic mass is 16.5. The maximum absolute atomic E-state index is 9.51. The Bertz CT molecular complexity index is 500. The zero-order chi connectivity index (χ0) is 9.76. The van der Waals surface area contributed by atoms with Crippen molar-refractivity contribution in [3.05, 3.63) is 24.0 Å². The molecule has 1 heterocycles. The average Bonchev–Trinajstić information content (AvgIpc) is 2.77. The Morgan fingerprint density at radius 1 is 1.43 bits per heavy atom. The van der Waals surface area contributed by atoms with Crippen molar-refractivity contribution in [2.24, 2.45) is 5.73 Å².